The van der Waals surface area contributed by atoms with Gasteiger partial charge in [0.25, 0.3) is 5.91 Å². The second-order valence-electron chi connectivity index (χ2n) is 5.59. The maximum absolute atomic E-state index is 12.5. The summed E-state index contributed by atoms with van der Waals surface area (Å²) in [6.07, 6.45) is 5.04. The molecule has 0 fully saturated rings. The number of nitrogens with one attached hydrogen (secondary N) is 1. The molecular formula is C16H14N8O2. The zero-order valence-corrected chi connectivity index (χ0v) is 14.0. The van der Waals surface area contributed by atoms with Gasteiger partial charge in [0.1, 0.15) is 5.69 Å². The molecule has 0 unspecified atom stereocenters. The van der Waals surface area contributed by atoms with Crippen LogP contribution in [0.5, 0.6) is 0 Å². The van der Waals surface area contributed by atoms with Crippen LogP contribution in [-0.4, -0.2) is 40.8 Å². The molecule has 26 heavy (non-hydrogen) atoms. The van der Waals surface area contributed by atoms with Gasteiger partial charge < -0.3 is 9.84 Å². The highest BCUT2D eigenvalue weighted by Gasteiger charge is 2.19. The van der Waals surface area contributed by atoms with E-state index < -0.39 is 5.91 Å². The lowest BCUT2D eigenvalue weighted by Gasteiger charge is -2.02. The minimum absolute atomic E-state index is 0.126. The van der Waals surface area contributed by atoms with E-state index in [-0.39, 0.29) is 5.69 Å². The molecule has 0 aromatic carbocycles. The Labute approximate surface area is 147 Å². The van der Waals surface area contributed by atoms with Crippen molar-refractivity contribution in [2.45, 2.75) is 0 Å². The predicted molar refractivity (Wildman–Crippen MR) is 90.9 cm³/mol. The Morgan fingerprint density at radius 2 is 2.04 bits per heavy atom. The van der Waals surface area contributed by atoms with Crippen molar-refractivity contribution in [3.05, 3.63) is 48.5 Å². The molecule has 4 aromatic heterocycles. The first kappa shape index (κ1) is 15.7. The van der Waals surface area contributed by atoms with E-state index in [9.17, 15) is 4.79 Å². The van der Waals surface area contributed by atoms with Crippen LogP contribution < -0.4 is 5.32 Å². The monoisotopic (exact) mass is 350 g/mol. The van der Waals surface area contributed by atoms with Crippen LogP contribution in [0.1, 0.15) is 10.5 Å². The van der Waals surface area contributed by atoms with E-state index in [1.165, 1.54) is 10.7 Å². The number of carbonyl (C=O) groups is 1. The largest absolute Gasteiger partial charge is 0.354 e. The van der Waals surface area contributed by atoms with E-state index in [1.54, 1.807) is 37.4 Å². The number of hydrogen-bond acceptors (Lipinski definition) is 7. The number of aromatic nitrogens is 7. The average Bonchev–Trinajstić information content (AvgIpc) is 3.35. The second-order valence-corrected chi connectivity index (χ2v) is 5.59. The van der Waals surface area contributed by atoms with E-state index in [1.807, 2.05) is 18.2 Å². The molecular weight excluding hydrogens is 336 g/mol. The summed E-state index contributed by atoms with van der Waals surface area (Å²) in [6.45, 7) is 0. The SMILES string of the molecule is Cn1cc(-c2cc(C(=O)Nc3cn(C)nc3-c3ccccn3)no2)nn1. The molecule has 0 radical (unpaired) electrons. The van der Waals surface area contributed by atoms with Gasteiger partial charge in [-0.05, 0) is 12.1 Å². The van der Waals surface area contributed by atoms with Gasteiger partial charge in [-0.3, -0.25) is 19.1 Å². The van der Waals surface area contributed by atoms with Crippen molar-refractivity contribution in [1.29, 1.82) is 0 Å². The Morgan fingerprint density at radius 1 is 1.15 bits per heavy atom. The molecule has 0 bridgehead atoms. The zero-order valence-electron chi connectivity index (χ0n) is 14.0. The van der Waals surface area contributed by atoms with Crippen molar-refractivity contribution in [1.82, 2.24) is 34.9 Å². The van der Waals surface area contributed by atoms with Crippen LogP contribution in [-0.2, 0) is 14.1 Å². The van der Waals surface area contributed by atoms with Crippen molar-refractivity contribution in [3.8, 4) is 22.8 Å². The van der Waals surface area contributed by atoms with Crippen molar-refractivity contribution >= 4 is 11.6 Å². The molecule has 0 spiro atoms. The van der Waals surface area contributed by atoms with Crippen LogP contribution in [0.2, 0.25) is 0 Å². The lowest BCUT2D eigenvalue weighted by atomic mass is 10.2. The van der Waals surface area contributed by atoms with Crippen molar-refractivity contribution in [2.75, 3.05) is 5.32 Å². The third kappa shape index (κ3) is 2.95. The molecule has 1 amide bonds. The fourth-order valence-electron chi connectivity index (χ4n) is 2.42. The maximum Gasteiger partial charge on any atom is 0.277 e. The normalized spacial score (nSPS) is 10.8. The molecule has 0 aliphatic carbocycles. The summed E-state index contributed by atoms with van der Waals surface area (Å²) in [7, 11) is 3.51. The molecule has 10 nitrogen and oxygen atoms in total. The predicted octanol–water partition coefficient (Wildman–Crippen LogP) is 1.52. The number of pyridine rings is 1. The summed E-state index contributed by atoms with van der Waals surface area (Å²) in [5.74, 6) is -0.0616. The molecule has 1 N–H and O–H groups in total. The minimum Gasteiger partial charge on any atom is -0.354 e. The van der Waals surface area contributed by atoms with Gasteiger partial charge in [-0.25, -0.2) is 0 Å². The Hall–Kier alpha value is -3.82. The van der Waals surface area contributed by atoms with Crippen LogP contribution >= 0.6 is 0 Å². The summed E-state index contributed by atoms with van der Waals surface area (Å²) < 4.78 is 8.32. The topological polar surface area (TPSA) is 117 Å². The summed E-state index contributed by atoms with van der Waals surface area (Å²) in [4.78, 5) is 16.8. The lowest BCUT2D eigenvalue weighted by molar-refractivity contribution is 0.101. The van der Waals surface area contributed by atoms with Gasteiger partial charge in [0.05, 0.1) is 17.6 Å². The van der Waals surface area contributed by atoms with Crippen molar-refractivity contribution in [2.24, 2.45) is 14.1 Å². The number of hydrogen-bond donors (Lipinski definition) is 1. The first-order valence-electron chi connectivity index (χ1n) is 7.70. The number of nitrogens with zero attached hydrogens (tertiary/aromatic N) is 7. The van der Waals surface area contributed by atoms with E-state index in [4.69, 9.17) is 4.52 Å². The van der Waals surface area contributed by atoms with Crippen molar-refractivity contribution in [3.63, 3.8) is 0 Å². The first-order chi connectivity index (χ1) is 12.6. The quantitative estimate of drug-likeness (QED) is 0.593. The highest BCUT2D eigenvalue weighted by atomic mass is 16.5. The van der Waals surface area contributed by atoms with Crippen LogP contribution in [0.4, 0.5) is 5.69 Å². The van der Waals surface area contributed by atoms with Crippen molar-refractivity contribution < 1.29 is 9.32 Å². The van der Waals surface area contributed by atoms with Gasteiger partial charge in [-0.2, -0.15) is 5.10 Å². The highest BCUT2D eigenvalue weighted by Crippen LogP contribution is 2.25. The molecule has 0 saturated heterocycles. The van der Waals surface area contributed by atoms with Gasteiger partial charge in [0.2, 0.25) is 0 Å². The van der Waals surface area contributed by atoms with Gasteiger partial charge in [-0.1, -0.05) is 16.4 Å². The molecule has 10 heteroatoms. The van der Waals surface area contributed by atoms with Gasteiger partial charge in [0, 0.05) is 32.6 Å². The lowest BCUT2D eigenvalue weighted by Crippen LogP contribution is -2.12. The zero-order chi connectivity index (χ0) is 18.1. The first-order valence-corrected chi connectivity index (χ1v) is 7.70. The molecule has 4 aromatic rings. The van der Waals surface area contributed by atoms with Gasteiger partial charge in [0.15, 0.2) is 17.1 Å². The Kier molecular flexibility index (Phi) is 3.77. The Bertz CT molecular complexity index is 1060. The molecule has 0 atom stereocenters. The highest BCUT2D eigenvalue weighted by molar-refractivity contribution is 6.04. The molecule has 4 heterocycles. The maximum atomic E-state index is 12.5. The molecule has 0 saturated carbocycles. The Morgan fingerprint density at radius 3 is 2.77 bits per heavy atom. The number of carbonyl (C=O) groups excluding carboxylic acids is 1. The molecule has 0 aliphatic heterocycles. The number of anilines is 1. The van der Waals surface area contributed by atoms with Crippen LogP contribution in [0.3, 0.4) is 0 Å². The van der Waals surface area contributed by atoms with E-state index in [2.05, 4.69) is 30.9 Å². The summed E-state index contributed by atoms with van der Waals surface area (Å²) >= 11 is 0. The van der Waals surface area contributed by atoms with Crippen LogP contribution in [0, 0.1) is 0 Å². The van der Waals surface area contributed by atoms with E-state index in [0.717, 1.165) is 0 Å². The summed E-state index contributed by atoms with van der Waals surface area (Å²) in [6, 6.07) is 7.00. The van der Waals surface area contributed by atoms with Gasteiger partial charge in [-0.15, -0.1) is 5.10 Å². The number of aryl methyl sites for hydroxylation is 2. The molecule has 130 valence electrons. The summed E-state index contributed by atoms with van der Waals surface area (Å²) in [5, 5.41) is 18.7. The number of rotatable bonds is 4. The Balaban J connectivity index is 1.59. The van der Waals surface area contributed by atoms with Crippen LogP contribution in [0.25, 0.3) is 22.8 Å². The average molecular weight is 350 g/mol. The van der Waals surface area contributed by atoms with Crippen LogP contribution in [0.15, 0.2) is 47.4 Å². The summed E-state index contributed by atoms with van der Waals surface area (Å²) in [5.41, 5.74) is 2.37. The number of amides is 1. The fraction of sp³-hybridized carbons (Fsp3) is 0.125. The third-order valence-electron chi connectivity index (χ3n) is 3.58. The molecule has 0 aliphatic rings. The smallest absolute Gasteiger partial charge is 0.277 e. The third-order valence-corrected chi connectivity index (χ3v) is 3.58. The van der Waals surface area contributed by atoms with E-state index in [0.29, 0.717) is 28.5 Å². The van der Waals surface area contributed by atoms with Gasteiger partial charge >= 0.3 is 0 Å². The van der Waals surface area contributed by atoms with E-state index >= 15 is 0 Å². The fourth-order valence-corrected chi connectivity index (χ4v) is 2.42. The minimum atomic E-state index is -0.422. The second kappa shape index (κ2) is 6.24. The molecule has 4 rings (SSSR count). The standard InChI is InChI=1S/C16H14N8O2/c1-23-9-13(15(20-23)10-5-3-4-6-17-10)18-16(25)11-7-14(26-21-11)12-8-24(2)22-19-12/h3-9H,1-2H3,(H,18,25).